The maximum atomic E-state index is 13.5. The van der Waals surface area contributed by atoms with Gasteiger partial charge < -0.3 is 28.9 Å². The molecule has 3 aromatic carbocycles. The summed E-state index contributed by atoms with van der Waals surface area (Å²) in [4.78, 5) is 17.6. The highest BCUT2D eigenvalue weighted by Crippen LogP contribution is 2.40. The molecule has 0 spiro atoms. The van der Waals surface area contributed by atoms with Gasteiger partial charge in [-0.25, -0.2) is 4.39 Å². The first-order chi connectivity index (χ1) is 21.4. The number of amides is 1. The number of likely N-dealkylation sites (tertiary alicyclic amines) is 2. The second kappa shape index (κ2) is 13.4. The maximum absolute atomic E-state index is 13.5. The summed E-state index contributed by atoms with van der Waals surface area (Å²) in [5, 5.41) is 16.2. The minimum absolute atomic E-state index is 0.0513. The third kappa shape index (κ3) is 6.30. The fraction of sp³-hybridized carbons (Fsp3) is 0.429. The summed E-state index contributed by atoms with van der Waals surface area (Å²) >= 11 is 0. The normalized spacial score (nSPS) is 17.6. The number of methoxy groups -OCH3 is 2. The number of nitrogens with zero attached hydrogens (tertiary/aromatic N) is 3. The number of piperidine rings is 2. The van der Waals surface area contributed by atoms with Crippen LogP contribution >= 0.6 is 0 Å². The molecule has 3 heterocycles. The van der Waals surface area contributed by atoms with E-state index in [2.05, 4.69) is 22.2 Å². The van der Waals surface area contributed by atoms with Gasteiger partial charge in [0, 0.05) is 48.1 Å². The first kappa shape index (κ1) is 30.1. The molecule has 0 bridgehead atoms. The Morgan fingerprint density at radius 2 is 1.75 bits per heavy atom. The molecule has 44 heavy (non-hydrogen) atoms. The first-order valence-electron chi connectivity index (χ1n) is 15.5. The number of carbonyl (C=O) groups is 1. The van der Waals surface area contributed by atoms with Crippen molar-refractivity contribution < 1.29 is 28.3 Å². The molecule has 6 rings (SSSR count). The van der Waals surface area contributed by atoms with Crippen molar-refractivity contribution in [3.05, 3.63) is 88.9 Å². The van der Waals surface area contributed by atoms with E-state index in [9.17, 15) is 14.3 Å². The van der Waals surface area contributed by atoms with Gasteiger partial charge in [-0.05, 0) is 87.0 Å². The summed E-state index contributed by atoms with van der Waals surface area (Å²) < 4.78 is 29.8. The molecule has 9 heteroatoms. The molecule has 2 aliphatic heterocycles. The Hall–Kier alpha value is -3.95. The lowest BCUT2D eigenvalue weighted by Gasteiger charge is -2.34. The highest BCUT2D eigenvalue weighted by atomic mass is 19.1. The minimum Gasteiger partial charge on any atom is -0.493 e. The van der Waals surface area contributed by atoms with Crippen molar-refractivity contribution in [3.8, 4) is 11.5 Å². The second-order valence-corrected chi connectivity index (χ2v) is 11.9. The van der Waals surface area contributed by atoms with Crippen molar-refractivity contribution in [2.45, 2.75) is 44.1 Å². The van der Waals surface area contributed by atoms with E-state index < -0.39 is 6.10 Å². The van der Waals surface area contributed by atoms with E-state index in [1.807, 2.05) is 35.2 Å². The Labute approximate surface area is 257 Å². The number of hydrogen-bond donors (Lipinski definition) is 1. The van der Waals surface area contributed by atoms with Gasteiger partial charge in [0.05, 0.1) is 26.0 Å². The lowest BCUT2D eigenvalue weighted by molar-refractivity contribution is 0.0572. The Kier molecular flexibility index (Phi) is 9.14. The molecule has 1 N–H and O–H groups in total. The van der Waals surface area contributed by atoms with E-state index in [4.69, 9.17) is 14.0 Å². The number of hydrogen-bond acceptors (Lipinski definition) is 7. The van der Waals surface area contributed by atoms with Gasteiger partial charge in [-0.1, -0.05) is 29.4 Å². The Morgan fingerprint density at radius 1 is 1.00 bits per heavy atom. The number of aromatic nitrogens is 1. The second-order valence-electron chi connectivity index (χ2n) is 11.9. The molecule has 4 aromatic rings. The zero-order valence-electron chi connectivity index (χ0n) is 25.4. The van der Waals surface area contributed by atoms with E-state index >= 15 is 0 Å². The number of ether oxygens (including phenoxy) is 2. The van der Waals surface area contributed by atoms with Gasteiger partial charge in [0.15, 0.2) is 17.1 Å². The highest BCUT2D eigenvalue weighted by molar-refractivity contribution is 5.94. The summed E-state index contributed by atoms with van der Waals surface area (Å²) in [7, 11) is 3.21. The van der Waals surface area contributed by atoms with Crippen molar-refractivity contribution >= 4 is 16.9 Å². The van der Waals surface area contributed by atoms with Gasteiger partial charge in [-0.2, -0.15) is 0 Å². The van der Waals surface area contributed by atoms with Crippen LogP contribution in [0.5, 0.6) is 11.5 Å². The number of benzene rings is 3. The van der Waals surface area contributed by atoms with Gasteiger partial charge >= 0.3 is 0 Å². The van der Waals surface area contributed by atoms with Gasteiger partial charge in [0.25, 0.3) is 5.91 Å². The molecule has 1 aromatic heterocycles. The highest BCUT2D eigenvalue weighted by Gasteiger charge is 2.30. The SMILES string of the molecule is COc1cccc([C@H](O)C2CCN(CCc3ccc(C(=O)N4CCC(c5noc6cc(F)ccc56)CC4)cc3)CC2)c1OC. The molecule has 8 nitrogen and oxygen atoms in total. The first-order valence-corrected chi connectivity index (χ1v) is 15.5. The van der Waals surface area contributed by atoms with Crippen molar-refractivity contribution in [1.29, 1.82) is 0 Å². The van der Waals surface area contributed by atoms with Crippen LogP contribution in [0.1, 0.15) is 64.9 Å². The molecule has 1 atom stereocenters. The van der Waals surface area contributed by atoms with Gasteiger partial charge in [-0.3, -0.25) is 4.79 Å². The lowest BCUT2D eigenvalue weighted by atomic mass is 9.87. The van der Waals surface area contributed by atoms with E-state index in [-0.39, 0.29) is 23.6 Å². The van der Waals surface area contributed by atoms with E-state index in [0.717, 1.165) is 68.4 Å². The summed E-state index contributed by atoms with van der Waals surface area (Å²) in [6.45, 7) is 4.10. The minimum atomic E-state index is -0.591. The van der Waals surface area contributed by atoms with Crippen molar-refractivity contribution in [1.82, 2.24) is 15.0 Å². The van der Waals surface area contributed by atoms with Gasteiger partial charge in [-0.15, -0.1) is 0 Å². The quantitative estimate of drug-likeness (QED) is 0.252. The fourth-order valence-electron chi connectivity index (χ4n) is 6.76. The molecule has 0 unspecified atom stereocenters. The lowest BCUT2D eigenvalue weighted by Crippen LogP contribution is -2.38. The van der Waals surface area contributed by atoms with Crippen molar-refractivity contribution in [2.24, 2.45) is 5.92 Å². The number of aliphatic hydroxyl groups is 1. The number of rotatable bonds is 9. The third-order valence-corrected chi connectivity index (χ3v) is 9.38. The van der Waals surface area contributed by atoms with Crippen molar-refractivity contribution in [2.75, 3.05) is 46.9 Å². The summed E-state index contributed by atoms with van der Waals surface area (Å²) in [5.41, 5.74) is 4.02. The predicted molar refractivity (Wildman–Crippen MR) is 166 cm³/mol. The largest absolute Gasteiger partial charge is 0.493 e. The van der Waals surface area contributed by atoms with Crippen LogP contribution in [0.25, 0.3) is 11.0 Å². The van der Waals surface area contributed by atoms with Crippen LogP contribution in [0.15, 0.2) is 65.2 Å². The zero-order chi connectivity index (χ0) is 30.6. The Balaban J connectivity index is 0.964. The molecule has 0 aliphatic carbocycles. The van der Waals surface area contributed by atoms with Crippen LogP contribution in [0.2, 0.25) is 0 Å². The molecular formula is C35H40FN3O5. The maximum Gasteiger partial charge on any atom is 0.253 e. The Bertz CT molecular complexity index is 1570. The standard InChI is InChI=1S/C35H40FN3O5/c1-42-30-5-3-4-29(34(30)43-2)33(40)25-13-18-38(19-14-25)17-12-23-6-8-26(9-7-23)35(41)39-20-15-24(16-21-39)32-28-11-10-27(36)22-31(28)44-37-32/h3-11,22,24-25,33,40H,12-21H2,1-2H3/t33-/m1/s1. The van der Waals surface area contributed by atoms with Gasteiger partial charge in [0.2, 0.25) is 0 Å². The average Bonchev–Trinajstić information content (AvgIpc) is 3.49. The predicted octanol–water partition coefficient (Wildman–Crippen LogP) is 5.99. The smallest absolute Gasteiger partial charge is 0.253 e. The van der Waals surface area contributed by atoms with Crippen molar-refractivity contribution in [3.63, 3.8) is 0 Å². The number of fused-ring (bicyclic) bond motifs is 1. The number of carbonyl (C=O) groups excluding carboxylic acids is 1. The van der Waals surface area contributed by atoms with E-state index in [1.165, 1.54) is 17.7 Å². The summed E-state index contributed by atoms with van der Waals surface area (Å²) in [6.07, 6.45) is 3.74. The van der Waals surface area contributed by atoms with Crippen LogP contribution < -0.4 is 9.47 Å². The number of para-hydroxylation sites is 1. The van der Waals surface area contributed by atoms with E-state index in [1.54, 1.807) is 20.3 Å². The molecular weight excluding hydrogens is 561 g/mol. The molecule has 1 amide bonds. The van der Waals surface area contributed by atoms with Crippen LogP contribution in [-0.4, -0.2) is 72.9 Å². The summed E-state index contributed by atoms with van der Waals surface area (Å²) in [6, 6.07) is 18.2. The molecule has 0 radical (unpaired) electrons. The summed E-state index contributed by atoms with van der Waals surface area (Å²) in [5.74, 6) is 1.31. The number of aliphatic hydroxyl groups excluding tert-OH is 1. The molecule has 0 saturated carbocycles. The average molecular weight is 602 g/mol. The van der Waals surface area contributed by atoms with Crippen LogP contribution in [0.3, 0.4) is 0 Å². The molecule has 2 fully saturated rings. The van der Waals surface area contributed by atoms with Gasteiger partial charge in [0.1, 0.15) is 5.82 Å². The molecule has 232 valence electrons. The topological polar surface area (TPSA) is 88.3 Å². The fourth-order valence-corrected chi connectivity index (χ4v) is 6.76. The molecule has 2 saturated heterocycles. The van der Waals surface area contributed by atoms with Crippen LogP contribution in [0.4, 0.5) is 4.39 Å². The zero-order valence-corrected chi connectivity index (χ0v) is 25.4. The Morgan fingerprint density at radius 3 is 2.45 bits per heavy atom. The number of halogens is 1. The monoisotopic (exact) mass is 601 g/mol. The molecule has 2 aliphatic rings. The van der Waals surface area contributed by atoms with E-state index in [0.29, 0.717) is 35.7 Å². The van der Waals surface area contributed by atoms with Crippen LogP contribution in [0, 0.1) is 11.7 Å². The van der Waals surface area contributed by atoms with Crippen LogP contribution in [-0.2, 0) is 6.42 Å². The third-order valence-electron chi connectivity index (χ3n) is 9.38.